The lowest BCUT2D eigenvalue weighted by molar-refractivity contribution is -0.0400. The number of nitrogens with zero attached hydrogens (tertiary/aromatic N) is 3. The maximum Gasteiger partial charge on any atom is 0.147 e. The summed E-state index contributed by atoms with van der Waals surface area (Å²) in [6.45, 7) is 7.73. The number of hydrogen-bond acceptors (Lipinski definition) is 4. The fourth-order valence-electron chi connectivity index (χ4n) is 3.48. The SMILES string of the molecule is CCCCN(C)c1nc(-c2ccccc2)c2c(c1C#N)CC(C)(C)OC2. The highest BCUT2D eigenvalue weighted by Gasteiger charge is 2.32. The zero-order valence-electron chi connectivity index (χ0n) is 16.2. The fourth-order valence-corrected chi connectivity index (χ4v) is 3.48. The minimum absolute atomic E-state index is 0.271. The van der Waals surface area contributed by atoms with Crippen molar-refractivity contribution in [2.24, 2.45) is 0 Å². The molecule has 2 aromatic rings. The molecule has 0 saturated carbocycles. The van der Waals surface area contributed by atoms with E-state index >= 15 is 0 Å². The number of aromatic nitrogens is 1. The zero-order chi connectivity index (χ0) is 18.7. The molecule has 1 aliphatic heterocycles. The molecule has 4 heteroatoms. The summed E-state index contributed by atoms with van der Waals surface area (Å²) < 4.78 is 6.06. The second kappa shape index (κ2) is 7.47. The van der Waals surface area contributed by atoms with Gasteiger partial charge in [-0.3, -0.25) is 0 Å². The zero-order valence-corrected chi connectivity index (χ0v) is 16.2. The van der Waals surface area contributed by atoms with Crippen LogP contribution in [0.15, 0.2) is 30.3 Å². The van der Waals surface area contributed by atoms with Gasteiger partial charge in [-0.25, -0.2) is 4.98 Å². The minimum atomic E-state index is -0.271. The number of hydrogen-bond donors (Lipinski definition) is 0. The highest BCUT2D eigenvalue weighted by molar-refractivity contribution is 5.72. The first-order valence-corrected chi connectivity index (χ1v) is 9.33. The first-order valence-electron chi connectivity index (χ1n) is 9.33. The van der Waals surface area contributed by atoms with Gasteiger partial charge in [-0.15, -0.1) is 0 Å². The van der Waals surface area contributed by atoms with Crippen LogP contribution in [0.5, 0.6) is 0 Å². The van der Waals surface area contributed by atoms with Gasteiger partial charge in [0.05, 0.1) is 23.5 Å². The quantitative estimate of drug-likeness (QED) is 0.784. The average Bonchev–Trinajstić information content (AvgIpc) is 2.64. The van der Waals surface area contributed by atoms with Crippen LogP contribution in [0, 0.1) is 11.3 Å². The number of ether oxygens (including phenoxy) is 1. The molecule has 0 unspecified atom stereocenters. The van der Waals surface area contributed by atoms with Crippen LogP contribution in [-0.2, 0) is 17.8 Å². The Morgan fingerprint density at radius 2 is 1.96 bits per heavy atom. The Hall–Kier alpha value is -2.38. The van der Waals surface area contributed by atoms with Crippen molar-refractivity contribution in [3.63, 3.8) is 0 Å². The van der Waals surface area contributed by atoms with Crippen LogP contribution in [0.2, 0.25) is 0 Å². The summed E-state index contributed by atoms with van der Waals surface area (Å²) in [5.74, 6) is 0.788. The Morgan fingerprint density at radius 3 is 2.62 bits per heavy atom. The van der Waals surface area contributed by atoms with Crippen molar-refractivity contribution in [3.8, 4) is 17.3 Å². The van der Waals surface area contributed by atoms with Gasteiger partial charge in [-0.2, -0.15) is 5.26 Å². The first-order chi connectivity index (χ1) is 12.5. The van der Waals surface area contributed by atoms with E-state index in [1.807, 2.05) is 25.2 Å². The van der Waals surface area contributed by atoms with E-state index in [1.54, 1.807) is 0 Å². The molecular formula is C22H27N3O. The molecule has 1 aromatic carbocycles. The Morgan fingerprint density at radius 1 is 1.23 bits per heavy atom. The summed E-state index contributed by atoms with van der Waals surface area (Å²) in [5.41, 5.74) is 4.59. The van der Waals surface area contributed by atoms with Crippen LogP contribution in [-0.4, -0.2) is 24.2 Å². The molecule has 0 radical (unpaired) electrons. The summed E-state index contributed by atoms with van der Waals surface area (Å²) in [5, 5.41) is 9.92. The molecule has 2 heterocycles. The smallest absolute Gasteiger partial charge is 0.147 e. The molecule has 0 amide bonds. The van der Waals surface area contributed by atoms with E-state index in [0.29, 0.717) is 12.2 Å². The topological polar surface area (TPSA) is 49.2 Å². The molecule has 1 aliphatic rings. The first kappa shape index (κ1) is 18.4. The van der Waals surface area contributed by atoms with Crippen molar-refractivity contribution in [3.05, 3.63) is 47.0 Å². The predicted molar refractivity (Wildman–Crippen MR) is 105 cm³/mol. The monoisotopic (exact) mass is 349 g/mol. The standard InChI is InChI=1S/C22H27N3O/c1-5-6-12-25(4)21-18(14-23)17-13-22(2,3)26-15-19(17)20(24-21)16-10-8-7-9-11-16/h7-11H,5-6,12-13,15H2,1-4H3. The van der Waals surface area contributed by atoms with Crippen LogP contribution in [0.1, 0.15) is 50.3 Å². The van der Waals surface area contributed by atoms with E-state index in [2.05, 4.69) is 43.9 Å². The number of nitriles is 1. The highest BCUT2D eigenvalue weighted by atomic mass is 16.5. The summed E-state index contributed by atoms with van der Waals surface area (Å²) in [4.78, 5) is 7.07. The third-order valence-electron chi connectivity index (χ3n) is 4.97. The lowest BCUT2D eigenvalue weighted by Gasteiger charge is -2.34. The molecule has 0 saturated heterocycles. The van der Waals surface area contributed by atoms with Crippen LogP contribution in [0.25, 0.3) is 11.3 Å². The van der Waals surface area contributed by atoms with Gasteiger partial charge in [0.25, 0.3) is 0 Å². The van der Waals surface area contributed by atoms with Crippen molar-refractivity contribution in [2.45, 2.75) is 52.2 Å². The molecule has 136 valence electrons. The summed E-state index contributed by atoms with van der Waals surface area (Å²) >= 11 is 0. The second-order valence-electron chi connectivity index (χ2n) is 7.59. The molecule has 0 fully saturated rings. The molecular weight excluding hydrogens is 322 g/mol. The van der Waals surface area contributed by atoms with Crippen LogP contribution in [0.3, 0.4) is 0 Å². The van der Waals surface area contributed by atoms with Gasteiger partial charge >= 0.3 is 0 Å². The Labute approximate surface area is 156 Å². The van der Waals surface area contributed by atoms with Gasteiger partial charge in [0.2, 0.25) is 0 Å². The number of pyridine rings is 1. The number of rotatable bonds is 5. The normalized spacial score (nSPS) is 15.2. The summed E-state index contributed by atoms with van der Waals surface area (Å²) in [6.07, 6.45) is 2.92. The molecule has 3 rings (SSSR count). The van der Waals surface area contributed by atoms with Gasteiger partial charge in [-0.1, -0.05) is 43.7 Å². The van der Waals surface area contributed by atoms with Gasteiger partial charge in [0, 0.05) is 31.1 Å². The van der Waals surface area contributed by atoms with Crippen molar-refractivity contribution in [2.75, 3.05) is 18.5 Å². The number of fused-ring (bicyclic) bond motifs is 1. The molecule has 0 aliphatic carbocycles. The van der Waals surface area contributed by atoms with Gasteiger partial charge in [0.1, 0.15) is 11.9 Å². The molecule has 0 spiro atoms. The van der Waals surface area contributed by atoms with E-state index in [9.17, 15) is 5.26 Å². The van der Waals surface area contributed by atoms with Crippen LogP contribution >= 0.6 is 0 Å². The van der Waals surface area contributed by atoms with Gasteiger partial charge in [0.15, 0.2) is 0 Å². The average molecular weight is 349 g/mol. The van der Waals surface area contributed by atoms with E-state index < -0.39 is 0 Å². The Bertz CT molecular complexity index is 822. The summed E-state index contributed by atoms with van der Waals surface area (Å²) in [7, 11) is 2.03. The molecule has 4 nitrogen and oxygen atoms in total. The molecule has 0 bridgehead atoms. The van der Waals surface area contributed by atoms with E-state index in [4.69, 9.17) is 9.72 Å². The van der Waals surface area contributed by atoms with E-state index in [0.717, 1.165) is 54.0 Å². The largest absolute Gasteiger partial charge is 0.370 e. The predicted octanol–water partition coefficient (Wildman–Crippen LogP) is 4.71. The van der Waals surface area contributed by atoms with Crippen molar-refractivity contribution < 1.29 is 4.74 Å². The molecule has 26 heavy (non-hydrogen) atoms. The maximum absolute atomic E-state index is 9.92. The van der Waals surface area contributed by atoms with Crippen LogP contribution in [0.4, 0.5) is 5.82 Å². The highest BCUT2D eigenvalue weighted by Crippen LogP contribution is 2.38. The van der Waals surface area contributed by atoms with Gasteiger partial charge < -0.3 is 9.64 Å². The van der Waals surface area contributed by atoms with E-state index in [-0.39, 0.29) is 5.60 Å². The number of benzene rings is 1. The Kier molecular flexibility index (Phi) is 5.29. The van der Waals surface area contributed by atoms with E-state index in [1.165, 1.54) is 0 Å². The Balaban J connectivity index is 2.21. The molecule has 0 atom stereocenters. The molecule has 1 aromatic heterocycles. The number of unbranched alkanes of at least 4 members (excludes halogenated alkanes) is 1. The molecule has 0 N–H and O–H groups in total. The minimum Gasteiger partial charge on any atom is -0.370 e. The van der Waals surface area contributed by atoms with Crippen molar-refractivity contribution in [1.29, 1.82) is 5.26 Å². The van der Waals surface area contributed by atoms with Crippen LogP contribution < -0.4 is 4.90 Å². The van der Waals surface area contributed by atoms with Gasteiger partial charge in [-0.05, 0) is 25.8 Å². The lowest BCUT2D eigenvalue weighted by atomic mass is 9.87. The van der Waals surface area contributed by atoms with Crippen molar-refractivity contribution in [1.82, 2.24) is 4.98 Å². The fraction of sp³-hybridized carbons (Fsp3) is 0.455. The third-order valence-corrected chi connectivity index (χ3v) is 4.97. The van der Waals surface area contributed by atoms with Crippen molar-refractivity contribution >= 4 is 5.82 Å². The number of anilines is 1. The lowest BCUT2D eigenvalue weighted by Crippen LogP contribution is -2.34. The third kappa shape index (κ3) is 3.59. The second-order valence-corrected chi connectivity index (χ2v) is 7.59. The maximum atomic E-state index is 9.92. The summed E-state index contributed by atoms with van der Waals surface area (Å²) in [6, 6.07) is 12.6.